The van der Waals surface area contributed by atoms with Crippen LogP contribution in [0.3, 0.4) is 0 Å². The summed E-state index contributed by atoms with van der Waals surface area (Å²) in [7, 11) is 0.817. The molecule has 0 unspecified atom stereocenters. The van der Waals surface area contributed by atoms with E-state index in [9.17, 15) is 9.36 Å². The van der Waals surface area contributed by atoms with Gasteiger partial charge in [-0.1, -0.05) is 33.6 Å². The highest BCUT2D eigenvalue weighted by molar-refractivity contribution is 7.33. The maximum absolute atomic E-state index is 11.0. The van der Waals surface area contributed by atoms with Crippen LogP contribution >= 0.6 is 8.25 Å². The van der Waals surface area contributed by atoms with Crippen LogP contribution in [0, 0.1) is 5.41 Å². The summed E-state index contributed by atoms with van der Waals surface area (Å²) in [5, 5.41) is 0. The summed E-state index contributed by atoms with van der Waals surface area (Å²) < 4.78 is 18.3. The van der Waals surface area contributed by atoms with Gasteiger partial charge in [-0.2, -0.15) is 0 Å². The topological polar surface area (TPSA) is 52.6 Å². The Kier molecular flexibility index (Phi) is 11.2. The first kappa shape index (κ1) is 18.1. The van der Waals surface area contributed by atoms with Crippen molar-refractivity contribution in [1.29, 1.82) is 0 Å². The Labute approximate surface area is 99.7 Å². The molecule has 0 spiro atoms. The van der Waals surface area contributed by atoms with Crippen LogP contribution in [0.15, 0.2) is 0 Å². The molecular weight excluding hydrogens is 227 g/mol. The Bertz CT molecular complexity index is 208. The summed E-state index contributed by atoms with van der Waals surface area (Å²) in [6.45, 7) is 7.86. The highest BCUT2D eigenvalue weighted by Crippen LogP contribution is 2.23. The number of unbranched alkanes of at least 4 members (excludes halogenated alkanes) is 1. The second kappa shape index (κ2) is 9.88. The van der Waals surface area contributed by atoms with Gasteiger partial charge in [0.25, 0.3) is 0 Å². The third-order valence-corrected chi connectivity index (χ3v) is 3.00. The number of Topliss-reactive ketones (excluding diaryl/α,β-unsaturated/α-hetero) is 1. The van der Waals surface area contributed by atoms with Crippen molar-refractivity contribution in [2.24, 2.45) is 5.41 Å². The van der Waals surface area contributed by atoms with Crippen molar-refractivity contribution in [3.8, 4) is 0 Å². The van der Waals surface area contributed by atoms with Gasteiger partial charge in [-0.25, -0.2) is 0 Å². The Balaban J connectivity index is 0. The normalized spacial score (nSPS) is 10.4. The van der Waals surface area contributed by atoms with Gasteiger partial charge >= 0.3 is 8.25 Å². The molecule has 0 rings (SSSR count). The van der Waals surface area contributed by atoms with Crippen molar-refractivity contribution in [3.63, 3.8) is 0 Å². The summed E-state index contributed by atoms with van der Waals surface area (Å²) in [5.41, 5.74) is -0.0873. The van der Waals surface area contributed by atoms with Crippen molar-refractivity contribution in [2.75, 3.05) is 14.2 Å². The van der Waals surface area contributed by atoms with Gasteiger partial charge in [0.1, 0.15) is 5.78 Å². The molecule has 0 N–H and O–H groups in total. The first-order valence-corrected chi connectivity index (χ1v) is 6.47. The predicted molar refractivity (Wildman–Crippen MR) is 65.6 cm³/mol. The molecule has 0 radical (unpaired) electrons. The van der Waals surface area contributed by atoms with Gasteiger partial charge in [0, 0.05) is 9.98 Å². The van der Waals surface area contributed by atoms with Crippen LogP contribution in [0.4, 0.5) is 0 Å². The molecule has 0 saturated carbocycles. The van der Waals surface area contributed by atoms with Crippen molar-refractivity contribution in [1.82, 2.24) is 0 Å². The molecule has 5 heteroatoms. The lowest BCUT2D eigenvalue weighted by molar-refractivity contribution is -0.125. The zero-order chi connectivity index (χ0) is 13.2. The Morgan fingerprint density at radius 2 is 1.69 bits per heavy atom. The minimum Gasteiger partial charge on any atom is -0.299 e. The van der Waals surface area contributed by atoms with E-state index in [1.807, 2.05) is 13.8 Å². The summed E-state index contributed by atoms with van der Waals surface area (Å²) in [5.74, 6) is 0.306. The Hall–Kier alpha value is -0.310. The van der Waals surface area contributed by atoms with Gasteiger partial charge in [-0.3, -0.25) is 4.79 Å². The summed E-state index contributed by atoms with van der Waals surface area (Å²) in [4.78, 5) is 11.0. The number of ketones is 1. The average Bonchev–Trinajstić information content (AvgIpc) is 2.26. The lowest BCUT2D eigenvalue weighted by Crippen LogP contribution is -2.20. The molecule has 0 bridgehead atoms. The number of rotatable bonds is 6. The minimum atomic E-state index is -1.83. The van der Waals surface area contributed by atoms with E-state index in [-0.39, 0.29) is 5.41 Å². The van der Waals surface area contributed by atoms with Gasteiger partial charge in [-0.15, -0.1) is 9.05 Å². The van der Waals surface area contributed by atoms with E-state index in [1.165, 1.54) is 20.6 Å². The van der Waals surface area contributed by atoms with Gasteiger partial charge < -0.3 is 0 Å². The minimum absolute atomic E-state index is 0.0873. The van der Waals surface area contributed by atoms with Gasteiger partial charge in [0.2, 0.25) is 0 Å². The highest BCUT2D eigenvalue weighted by atomic mass is 31.1. The molecule has 0 aliphatic carbocycles. The first-order chi connectivity index (χ1) is 7.31. The third-order valence-electron chi connectivity index (χ3n) is 2.41. The molecule has 0 aromatic rings. The van der Waals surface area contributed by atoms with E-state index >= 15 is 0 Å². The lowest BCUT2D eigenvalue weighted by Gasteiger charge is -2.19. The fourth-order valence-corrected chi connectivity index (χ4v) is 1.02. The summed E-state index contributed by atoms with van der Waals surface area (Å²) in [6.07, 6.45) is 3.36. The van der Waals surface area contributed by atoms with Crippen molar-refractivity contribution in [3.05, 3.63) is 0 Å². The SMILES string of the molecule is CCCCC(C)(C)C(C)=O.CO[P+](=O)OC. The zero-order valence-corrected chi connectivity index (χ0v) is 12.1. The number of hydrogen-bond donors (Lipinski definition) is 0. The standard InChI is InChI=1S/C9H18O.C2H6O3P/c1-5-6-7-9(3,4)8(2)10;1-4-6(3)5-2/h5-7H2,1-4H3;1-2H3/q;+1. The van der Waals surface area contributed by atoms with E-state index in [2.05, 4.69) is 16.0 Å². The third kappa shape index (κ3) is 10.2. The first-order valence-electron chi connectivity index (χ1n) is 5.38. The molecule has 96 valence electrons. The fourth-order valence-electron chi connectivity index (χ4n) is 0.869. The van der Waals surface area contributed by atoms with Crippen LogP contribution < -0.4 is 0 Å². The summed E-state index contributed by atoms with van der Waals surface area (Å²) in [6, 6.07) is 0. The van der Waals surface area contributed by atoms with E-state index in [4.69, 9.17) is 0 Å². The second-order valence-corrected chi connectivity index (χ2v) is 5.31. The molecule has 0 amide bonds. The average molecular weight is 251 g/mol. The van der Waals surface area contributed by atoms with Crippen LogP contribution in [0.2, 0.25) is 0 Å². The van der Waals surface area contributed by atoms with E-state index < -0.39 is 8.25 Å². The second-order valence-electron chi connectivity index (χ2n) is 4.13. The van der Waals surface area contributed by atoms with E-state index in [1.54, 1.807) is 6.92 Å². The molecule has 0 aliphatic rings. The lowest BCUT2D eigenvalue weighted by atomic mass is 9.84. The molecule has 0 aliphatic heterocycles. The van der Waals surface area contributed by atoms with E-state index in [0.29, 0.717) is 5.78 Å². The van der Waals surface area contributed by atoms with Gasteiger partial charge in [0.05, 0.1) is 14.2 Å². The van der Waals surface area contributed by atoms with Crippen molar-refractivity contribution < 1.29 is 18.4 Å². The maximum atomic E-state index is 11.0. The smallest absolute Gasteiger partial charge is 0.299 e. The van der Waals surface area contributed by atoms with Crippen LogP contribution in [-0.4, -0.2) is 20.0 Å². The fraction of sp³-hybridized carbons (Fsp3) is 0.909. The number of carbonyl (C=O) groups is 1. The largest absolute Gasteiger partial charge is 0.696 e. The van der Waals surface area contributed by atoms with Crippen LogP contribution in [-0.2, 0) is 18.4 Å². The molecule has 16 heavy (non-hydrogen) atoms. The monoisotopic (exact) mass is 251 g/mol. The Morgan fingerprint density at radius 1 is 1.25 bits per heavy atom. The van der Waals surface area contributed by atoms with Crippen molar-refractivity contribution in [2.45, 2.75) is 47.0 Å². The Morgan fingerprint density at radius 3 is 1.88 bits per heavy atom. The molecule has 0 atom stereocenters. The molecule has 0 heterocycles. The van der Waals surface area contributed by atoms with Crippen LogP contribution in [0.5, 0.6) is 0 Å². The van der Waals surface area contributed by atoms with Gasteiger partial charge in [-0.05, 0) is 13.3 Å². The van der Waals surface area contributed by atoms with Gasteiger partial charge in [0.15, 0.2) is 0 Å². The maximum Gasteiger partial charge on any atom is 0.696 e. The molecule has 0 fully saturated rings. The number of carbonyl (C=O) groups excluding carboxylic acids is 1. The van der Waals surface area contributed by atoms with Crippen LogP contribution in [0.25, 0.3) is 0 Å². The zero-order valence-electron chi connectivity index (χ0n) is 11.2. The van der Waals surface area contributed by atoms with E-state index in [0.717, 1.165) is 12.8 Å². The summed E-state index contributed by atoms with van der Waals surface area (Å²) >= 11 is 0. The highest BCUT2D eigenvalue weighted by Gasteiger charge is 2.21. The molecular formula is C11H24O4P+. The molecule has 4 nitrogen and oxygen atoms in total. The van der Waals surface area contributed by atoms with Crippen LogP contribution in [0.1, 0.15) is 47.0 Å². The molecule has 0 aromatic carbocycles. The molecule has 0 saturated heterocycles. The predicted octanol–water partition coefficient (Wildman–Crippen LogP) is 3.73. The quantitative estimate of drug-likeness (QED) is 0.675. The molecule has 0 aromatic heterocycles. The number of hydrogen-bond acceptors (Lipinski definition) is 4. The van der Waals surface area contributed by atoms with Crippen molar-refractivity contribution >= 4 is 14.0 Å².